The highest BCUT2D eigenvalue weighted by atomic mass is 16.2. The van der Waals surface area contributed by atoms with Gasteiger partial charge >= 0.3 is 0 Å². The molecule has 1 saturated heterocycles. The smallest absolute Gasteiger partial charge is 0.222 e. The molecule has 0 saturated carbocycles. The second-order valence-electron chi connectivity index (χ2n) is 7.03. The Bertz CT molecular complexity index is 695. The fourth-order valence-electron chi connectivity index (χ4n) is 3.77. The highest BCUT2D eigenvalue weighted by Gasteiger charge is 2.27. The Kier molecular flexibility index (Phi) is 5.84. The first-order valence-electron chi connectivity index (χ1n) is 9.33. The molecule has 1 amide bonds. The zero-order valence-corrected chi connectivity index (χ0v) is 15.3. The van der Waals surface area contributed by atoms with Crippen LogP contribution in [0.25, 0.3) is 0 Å². The topological polar surface area (TPSA) is 51.0 Å². The van der Waals surface area contributed by atoms with E-state index in [0.717, 1.165) is 50.9 Å². The van der Waals surface area contributed by atoms with Crippen LogP contribution in [0.15, 0.2) is 30.6 Å². The molecule has 1 atom stereocenters. The minimum atomic E-state index is 0.304. The highest BCUT2D eigenvalue weighted by molar-refractivity contribution is 5.76. The lowest BCUT2D eigenvalue weighted by Gasteiger charge is -2.25. The lowest BCUT2D eigenvalue weighted by molar-refractivity contribution is -0.132. The number of likely N-dealkylation sites (tertiary alicyclic amines) is 1. The standard InChI is InChI=1S/C20H28N4O/c1-16-15-17(2)24(22-16)14-4-6-20(25)23-13-3-5-19(23)8-7-18-9-11-21-12-10-18/h9-12,15,19H,3-8,13-14H2,1-2H3/t19-/m1/s1. The second-order valence-corrected chi connectivity index (χ2v) is 7.03. The summed E-state index contributed by atoms with van der Waals surface area (Å²) in [7, 11) is 0. The first-order valence-corrected chi connectivity index (χ1v) is 9.33. The molecule has 0 N–H and O–H groups in total. The van der Waals surface area contributed by atoms with Gasteiger partial charge < -0.3 is 4.90 Å². The molecule has 2 aromatic heterocycles. The first-order chi connectivity index (χ1) is 12.1. The first kappa shape index (κ1) is 17.6. The summed E-state index contributed by atoms with van der Waals surface area (Å²) in [6, 6.07) is 6.61. The van der Waals surface area contributed by atoms with Crippen molar-refractivity contribution in [2.24, 2.45) is 0 Å². The van der Waals surface area contributed by atoms with E-state index in [4.69, 9.17) is 0 Å². The van der Waals surface area contributed by atoms with Gasteiger partial charge in [-0.15, -0.1) is 0 Å². The fourth-order valence-corrected chi connectivity index (χ4v) is 3.77. The van der Waals surface area contributed by atoms with Crippen LogP contribution in [-0.2, 0) is 17.8 Å². The number of amides is 1. The van der Waals surface area contributed by atoms with Crippen molar-refractivity contribution in [2.45, 2.75) is 65.0 Å². The molecule has 5 nitrogen and oxygen atoms in total. The van der Waals surface area contributed by atoms with Gasteiger partial charge in [0.25, 0.3) is 0 Å². The van der Waals surface area contributed by atoms with Crippen LogP contribution in [0.5, 0.6) is 0 Å². The van der Waals surface area contributed by atoms with Crippen LogP contribution in [-0.4, -0.2) is 38.2 Å². The van der Waals surface area contributed by atoms with Gasteiger partial charge in [-0.2, -0.15) is 5.10 Å². The minimum absolute atomic E-state index is 0.304. The summed E-state index contributed by atoms with van der Waals surface area (Å²) in [5.74, 6) is 0.304. The predicted molar refractivity (Wildman–Crippen MR) is 98.2 cm³/mol. The van der Waals surface area contributed by atoms with Crippen molar-refractivity contribution in [1.82, 2.24) is 19.7 Å². The van der Waals surface area contributed by atoms with Crippen LogP contribution in [0.2, 0.25) is 0 Å². The molecule has 1 fully saturated rings. The van der Waals surface area contributed by atoms with Gasteiger partial charge in [0.2, 0.25) is 5.91 Å². The molecule has 25 heavy (non-hydrogen) atoms. The Labute approximate surface area is 150 Å². The summed E-state index contributed by atoms with van der Waals surface area (Å²) in [6.45, 7) is 5.81. The Morgan fingerprint density at radius 1 is 1.28 bits per heavy atom. The molecule has 2 aromatic rings. The van der Waals surface area contributed by atoms with E-state index >= 15 is 0 Å². The molecule has 3 heterocycles. The van der Waals surface area contributed by atoms with E-state index in [-0.39, 0.29) is 0 Å². The summed E-state index contributed by atoms with van der Waals surface area (Å²) in [5, 5.41) is 4.47. The summed E-state index contributed by atoms with van der Waals surface area (Å²) in [5.41, 5.74) is 3.51. The molecule has 0 unspecified atom stereocenters. The van der Waals surface area contributed by atoms with Crippen LogP contribution in [0.1, 0.15) is 49.1 Å². The molecular formula is C20H28N4O. The minimum Gasteiger partial charge on any atom is -0.340 e. The van der Waals surface area contributed by atoms with Crippen molar-refractivity contribution in [3.63, 3.8) is 0 Å². The van der Waals surface area contributed by atoms with Gasteiger partial charge in [0, 0.05) is 43.6 Å². The number of hydrogen-bond acceptors (Lipinski definition) is 3. The van der Waals surface area contributed by atoms with Gasteiger partial charge in [0.1, 0.15) is 0 Å². The molecule has 1 aliphatic heterocycles. The zero-order chi connectivity index (χ0) is 17.6. The van der Waals surface area contributed by atoms with Crippen LogP contribution < -0.4 is 0 Å². The number of nitrogens with zero attached hydrogens (tertiary/aromatic N) is 4. The van der Waals surface area contributed by atoms with Crippen molar-refractivity contribution < 1.29 is 4.79 Å². The van der Waals surface area contributed by atoms with Crippen molar-refractivity contribution in [2.75, 3.05) is 6.54 Å². The third-order valence-corrected chi connectivity index (χ3v) is 5.08. The number of pyridine rings is 1. The van der Waals surface area contributed by atoms with Gasteiger partial charge in [0.05, 0.1) is 5.69 Å². The Morgan fingerprint density at radius 3 is 2.80 bits per heavy atom. The van der Waals surface area contributed by atoms with Crippen LogP contribution >= 0.6 is 0 Å². The average Bonchev–Trinajstić information content (AvgIpc) is 3.20. The highest BCUT2D eigenvalue weighted by Crippen LogP contribution is 2.23. The normalized spacial score (nSPS) is 17.2. The Balaban J connectivity index is 1.46. The van der Waals surface area contributed by atoms with E-state index in [9.17, 15) is 4.79 Å². The summed E-state index contributed by atoms with van der Waals surface area (Å²) < 4.78 is 2.01. The summed E-state index contributed by atoms with van der Waals surface area (Å²) in [6.07, 6.45) is 9.48. The largest absolute Gasteiger partial charge is 0.340 e. The molecule has 0 spiro atoms. The molecule has 134 valence electrons. The fraction of sp³-hybridized carbons (Fsp3) is 0.550. The number of aromatic nitrogens is 3. The van der Waals surface area contributed by atoms with E-state index in [0.29, 0.717) is 18.4 Å². The maximum absolute atomic E-state index is 12.6. The van der Waals surface area contributed by atoms with Gasteiger partial charge in [-0.25, -0.2) is 0 Å². The Hall–Kier alpha value is -2.17. The average molecular weight is 340 g/mol. The molecule has 1 aliphatic rings. The van der Waals surface area contributed by atoms with Crippen molar-refractivity contribution in [3.05, 3.63) is 47.5 Å². The van der Waals surface area contributed by atoms with E-state index in [2.05, 4.69) is 40.1 Å². The molecule has 0 radical (unpaired) electrons. The molecule has 0 aromatic carbocycles. The number of carbonyl (C=O) groups is 1. The quantitative estimate of drug-likeness (QED) is 0.777. The van der Waals surface area contributed by atoms with Gasteiger partial charge in [-0.1, -0.05) is 0 Å². The zero-order valence-electron chi connectivity index (χ0n) is 15.3. The molecule has 5 heteroatoms. The van der Waals surface area contributed by atoms with Crippen LogP contribution in [0, 0.1) is 13.8 Å². The van der Waals surface area contributed by atoms with Crippen molar-refractivity contribution in [3.8, 4) is 0 Å². The van der Waals surface area contributed by atoms with Gasteiger partial charge in [0.15, 0.2) is 0 Å². The maximum Gasteiger partial charge on any atom is 0.222 e. The second kappa shape index (κ2) is 8.28. The third kappa shape index (κ3) is 4.68. The van der Waals surface area contributed by atoms with Crippen molar-refractivity contribution >= 4 is 5.91 Å². The number of hydrogen-bond donors (Lipinski definition) is 0. The molecule has 0 aliphatic carbocycles. The number of aryl methyl sites for hydroxylation is 4. The predicted octanol–water partition coefficient (Wildman–Crippen LogP) is 3.30. The summed E-state index contributed by atoms with van der Waals surface area (Å²) >= 11 is 0. The number of rotatable bonds is 7. The maximum atomic E-state index is 12.6. The molecule has 3 rings (SSSR count). The van der Waals surface area contributed by atoms with E-state index in [1.165, 1.54) is 11.3 Å². The van der Waals surface area contributed by atoms with Gasteiger partial charge in [-0.3, -0.25) is 14.5 Å². The lowest BCUT2D eigenvalue weighted by Crippen LogP contribution is -2.35. The van der Waals surface area contributed by atoms with E-state index in [1.807, 2.05) is 24.0 Å². The lowest BCUT2D eigenvalue weighted by atomic mass is 10.0. The Morgan fingerprint density at radius 2 is 2.08 bits per heavy atom. The van der Waals surface area contributed by atoms with Crippen LogP contribution in [0.3, 0.4) is 0 Å². The monoisotopic (exact) mass is 340 g/mol. The van der Waals surface area contributed by atoms with Gasteiger partial charge in [-0.05, 0) is 69.7 Å². The van der Waals surface area contributed by atoms with Crippen LogP contribution in [0.4, 0.5) is 0 Å². The third-order valence-electron chi connectivity index (χ3n) is 5.08. The van der Waals surface area contributed by atoms with Crippen molar-refractivity contribution in [1.29, 1.82) is 0 Å². The van der Waals surface area contributed by atoms with E-state index in [1.54, 1.807) is 0 Å². The number of carbonyl (C=O) groups excluding carboxylic acids is 1. The SMILES string of the molecule is Cc1cc(C)n(CCCC(=O)N2CCC[C@@H]2CCc2ccncc2)n1. The van der Waals surface area contributed by atoms with E-state index < -0.39 is 0 Å². The molecular weight excluding hydrogens is 312 g/mol. The summed E-state index contributed by atoms with van der Waals surface area (Å²) in [4.78, 5) is 18.8. The molecule has 0 bridgehead atoms.